The van der Waals surface area contributed by atoms with Crippen molar-refractivity contribution in [1.29, 1.82) is 0 Å². The highest BCUT2D eigenvalue weighted by Gasteiger charge is 2.14. The first-order valence-electron chi connectivity index (χ1n) is 7.37. The van der Waals surface area contributed by atoms with Crippen LogP contribution >= 0.6 is 0 Å². The molecule has 0 saturated carbocycles. The van der Waals surface area contributed by atoms with Crippen molar-refractivity contribution in [3.63, 3.8) is 0 Å². The van der Waals surface area contributed by atoms with E-state index < -0.39 is 0 Å². The molecule has 0 amide bonds. The summed E-state index contributed by atoms with van der Waals surface area (Å²) in [4.78, 5) is 16.6. The largest absolute Gasteiger partial charge is 0.360 e. The van der Waals surface area contributed by atoms with Gasteiger partial charge in [0.1, 0.15) is 5.69 Å². The van der Waals surface area contributed by atoms with E-state index in [1.807, 2.05) is 49.5 Å². The van der Waals surface area contributed by atoms with Gasteiger partial charge in [-0.15, -0.1) is 4.52 Å². The molecule has 0 unspecified atom stereocenters. The van der Waals surface area contributed by atoms with Crippen LogP contribution in [0.2, 0.25) is 0 Å². The van der Waals surface area contributed by atoms with Gasteiger partial charge >= 0.3 is 0 Å². The number of imidazole rings is 1. The monoisotopic (exact) mass is 312 g/mol. The quantitative estimate of drug-likeness (QED) is 0.529. The van der Waals surface area contributed by atoms with Gasteiger partial charge in [-0.2, -0.15) is 0 Å². The van der Waals surface area contributed by atoms with E-state index in [0.29, 0.717) is 11.5 Å². The van der Waals surface area contributed by atoms with Crippen LogP contribution in [0.5, 0.6) is 0 Å². The first-order chi connectivity index (χ1) is 11.8. The minimum atomic E-state index is 0.380. The molecular formula is C18H12N6. The smallest absolute Gasteiger partial charge is 0.275 e. The lowest BCUT2D eigenvalue weighted by Crippen LogP contribution is -1.97. The second-order valence-electron chi connectivity index (χ2n) is 5.34. The van der Waals surface area contributed by atoms with Crippen molar-refractivity contribution < 1.29 is 0 Å². The second kappa shape index (κ2) is 5.56. The molecule has 24 heavy (non-hydrogen) atoms. The fourth-order valence-electron chi connectivity index (χ4n) is 2.51. The van der Waals surface area contributed by atoms with Crippen molar-refractivity contribution in [3.05, 3.63) is 72.0 Å². The summed E-state index contributed by atoms with van der Waals surface area (Å²) in [5.74, 6) is 0.380. The van der Waals surface area contributed by atoms with E-state index in [2.05, 4.69) is 24.9 Å². The minimum absolute atomic E-state index is 0.380. The summed E-state index contributed by atoms with van der Waals surface area (Å²) in [5, 5.41) is 4.55. The maximum atomic E-state index is 7.22. The number of aryl methyl sites for hydroxylation is 1. The SMILES string of the molecule is [C-]#[N+]c1cnc2ccc(-c3cccnc3-c3ccc(C)cn3)nn12. The number of pyridine rings is 2. The highest BCUT2D eigenvalue weighted by atomic mass is 15.3. The fraction of sp³-hybridized carbons (Fsp3) is 0.0556. The zero-order valence-electron chi connectivity index (χ0n) is 12.9. The molecule has 0 aromatic carbocycles. The number of hydrogen-bond acceptors (Lipinski definition) is 4. The van der Waals surface area contributed by atoms with Crippen LogP contribution in [0.25, 0.3) is 33.1 Å². The average Bonchev–Trinajstić information content (AvgIpc) is 3.04. The normalized spacial score (nSPS) is 10.7. The molecule has 4 aromatic heterocycles. The summed E-state index contributed by atoms with van der Waals surface area (Å²) >= 11 is 0. The van der Waals surface area contributed by atoms with Crippen LogP contribution in [-0.4, -0.2) is 24.6 Å². The number of aromatic nitrogens is 5. The van der Waals surface area contributed by atoms with Crippen molar-refractivity contribution in [2.75, 3.05) is 0 Å². The third kappa shape index (κ3) is 2.29. The molecule has 4 rings (SSSR count). The Hall–Kier alpha value is -3.59. The first kappa shape index (κ1) is 14.0. The number of nitrogens with zero attached hydrogens (tertiary/aromatic N) is 6. The van der Waals surface area contributed by atoms with Crippen LogP contribution in [0.15, 0.2) is 55.0 Å². The van der Waals surface area contributed by atoms with Crippen LogP contribution in [0.3, 0.4) is 0 Å². The number of hydrogen-bond donors (Lipinski definition) is 0. The summed E-state index contributed by atoms with van der Waals surface area (Å²) in [6.45, 7) is 9.21. The van der Waals surface area contributed by atoms with Gasteiger partial charge in [-0.1, -0.05) is 17.7 Å². The number of fused-ring (bicyclic) bond motifs is 1. The van der Waals surface area contributed by atoms with Gasteiger partial charge in [0.15, 0.2) is 0 Å². The molecule has 114 valence electrons. The second-order valence-corrected chi connectivity index (χ2v) is 5.34. The third-order valence-corrected chi connectivity index (χ3v) is 3.70. The molecule has 4 heterocycles. The van der Waals surface area contributed by atoms with E-state index in [1.165, 1.54) is 6.20 Å². The van der Waals surface area contributed by atoms with Crippen LogP contribution in [0, 0.1) is 13.5 Å². The molecule has 6 nitrogen and oxygen atoms in total. The molecular weight excluding hydrogens is 300 g/mol. The van der Waals surface area contributed by atoms with Crippen molar-refractivity contribution in [2.45, 2.75) is 6.92 Å². The van der Waals surface area contributed by atoms with Crippen molar-refractivity contribution in [1.82, 2.24) is 24.6 Å². The third-order valence-electron chi connectivity index (χ3n) is 3.70. The summed E-state index contributed by atoms with van der Waals surface area (Å²) in [6, 6.07) is 11.5. The Bertz CT molecular complexity index is 1070. The van der Waals surface area contributed by atoms with Gasteiger partial charge in [-0.25, -0.2) is 4.98 Å². The summed E-state index contributed by atoms with van der Waals surface area (Å²) < 4.78 is 1.54. The number of rotatable bonds is 2. The van der Waals surface area contributed by atoms with Crippen molar-refractivity contribution in [2.24, 2.45) is 0 Å². The summed E-state index contributed by atoms with van der Waals surface area (Å²) in [7, 11) is 0. The van der Waals surface area contributed by atoms with E-state index in [-0.39, 0.29) is 0 Å². The average molecular weight is 312 g/mol. The Morgan fingerprint density at radius 3 is 2.62 bits per heavy atom. The molecule has 0 fully saturated rings. The maximum Gasteiger partial charge on any atom is 0.275 e. The topological polar surface area (TPSA) is 60.3 Å². The van der Waals surface area contributed by atoms with E-state index in [0.717, 1.165) is 28.2 Å². The van der Waals surface area contributed by atoms with E-state index in [4.69, 9.17) is 6.57 Å². The van der Waals surface area contributed by atoms with E-state index in [9.17, 15) is 0 Å². The van der Waals surface area contributed by atoms with Gasteiger partial charge in [0, 0.05) is 24.0 Å². The summed E-state index contributed by atoms with van der Waals surface area (Å²) in [6.07, 6.45) is 5.07. The lowest BCUT2D eigenvalue weighted by Gasteiger charge is -2.07. The Morgan fingerprint density at radius 2 is 1.83 bits per heavy atom. The molecule has 4 aromatic rings. The fourth-order valence-corrected chi connectivity index (χ4v) is 2.51. The molecule has 0 aliphatic heterocycles. The van der Waals surface area contributed by atoms with Gasteiger partial charge in [-0.3, -0.25) is 9.97 Å². The van der Waals surface area contributed by atoms with Gasteiger partial charge in [0.25, 0.3) is 5.82 Å². The zero-order chi connectivity index (χ0) is 16.5. The Morgan fingerprint density at radius 1 is 0.958 bits per heavy atom. The van der Waals surface area contributed by atoms with Gasteiger partial charge < -0.3 is 4.85 Å². The van der Waals surface area contributed by atoms with Crippen molar-refractivity contribution >= 4 is 11.5 Å². The van der Waals surface area contributed by atoms with Gasteiger partial charge in [-0.05, 0) is 36.8 Å². The first-order valence-corrected chi connectivity index (χ1v) is 7.37. The van der Waals surface area contributed by atoms with Crippen LogP contribution in [0.1, 0.15) is 5.56 Å². The standard InChI is InChI=1S/C18H12N6/c1-12-5-6-15(21-10-12)18-13(4-3-9-20-18)14-7-8-16-22-11-17(19-2)24(16)23-14/h3-11H,1H3. The molecule has 0 spiro atoms. The predicted octanol–water partition coefficient (Wildman–Crippen LogP) is 3.71. The molecule has 0 atom stereocenters. The Kier molecular flexibility index (Phi) is 3.25. The molecule has 0 saturated heterocycles. The van der Waals surface area contributed by atoms with Crippen molar-refractivity contribution in [3.8, 4) is 22.6 Å². The summed E-state index contributed by atoms with van der Waals surface area (Å²) in [5.41, 5.74) is 4.86. The van der Waals surface area contributed by atoms with Gasteiger partial charge in [0.2, 0.25) is 5.65 Å². The molecule has 6 heteroatoms. The van der Waals surface area contributed by atoms with E-state index in [1.54, 1.807) is 10.7 Å². The predicted molar refractivity (Wildman–Crippen MR) is 90.4 cm³/mol. The van der Waals surface area contributed by atoms with Crippen LogP contribution in [0.4, 0.5) is 5.82 Å². The maximum absolute atomic E-state index is 7.22. The molecule has 0 radical (unpaired) electrons. The highest BCUT2D eigenvalue weighted by Crippen LogP contribution is 2.28. The lowest BCUT2D eigenvalue weighted by molar-refractivity contribution is 0.956. The zero-order valence-corrected chi connectivity index (χ0v) is 12.9. The van der Waals surface area contributed by atoms with Gasteiger partial charge in [0.05, 0.1) is 17.6 Å². The molecule has 0 aliphatic carbocycles. The molecule has 0 aliphatic rings. The molecule has 0 bridgehead atoms. The Labute approximate surface area is 138 Å². The minimum Gasteiger partial charge on any atom is -0.360 e. The lowest BCUT2D eigenvalue weighted by atomic mass is 10.1. The Balaban J connectivity index is 1.91. The van der Waals surface area contributed by atoms with Crippen LogP contribution < -0.4 is 0 Å². The highest BCUT2D eigenvalue weighted by molar-refractivity contribution is 5.77. The molecule has 0 N–H and O–H groups in total. The van der Waals surface area contributed by atoms with Crippen LogP contribution in [-0.2, 0) is 0 Å². The van der Waals surface area contributed by atoms with E-state index >= 15 is 0 Å².